The van der Waals surface area contributed by atoms with Gasteiger partial charge in [0.2, 0.25) is 0 Å². The van der Waals surface area contributed by atoms with Crippen LogP contribution in [-0.2, 0) is 16.4 Å². The first-order chi connectivity index (χ1) is 13.6. The van der Waals surface area contributed by atoms with Gasteiger partial charge in [0.05, 0.1) is 16.2 Å². The van der Waals surface area contributed by atoms with Crippen molar-refractivity contribution < 1.29 is 13.2 Å². The summed E-state index contributed by atoms with van der Waals surface area (Å²) in [6.07, 6.45) is 4.92. The molecule has 8 heteroatoms. The lowest BCUT2D eigenvalue weighted by Crippen LogP contribution is -2.23. The molecular formula is C20H19N3O3S2. The van der Waals surface area contributed by atoms with Gasteiger partial charge in [-0.25, -0.2) is 13.4 Å². The van der Waals surface area contributed by atoms with Crippen LogP contribution in [0, 0.1) is 0 Å². The lowest BCUT2D eigenvalue weighted by atomic mass is 10.2. The number of aromatic nitrogens is 2. The predicted molar refractivity (Wildman–Crippen MR) is 109 cm³/mol. The van der Waals surface area contributed by atoms with Crippen LogP contribution in [0.5, 0.6) is 0 Å². The van der Waals surface area contributed by atoms with E-state index in [4.69, 9.17) is 0 Å². The molecule has 0 saturated carbocycles. The van der Waals surface area contributed by atoms with Crippen LogP contribution in [0.15, 0.2) is 83.1 Å². The lowest BCUT2D eigenvalue weighted by Gasteiger charge is -2.09. The molecule has 1 N–H and O–H groups in total. The molecule has 28 heavy (non-hydrogen) atoms. The number of carbonyl (C=O) groups is 1. The molecule has 0 fully saturated rings. The van der Waals surface area contributed by atoms with Crippen LogP contribution < -0.4 is 5.32 Å². The van der Waals surface area contributed by atoms with Gasteiger partial charge in [0.25, 0.3) is 5.91 Å². The lowest BCUT2D eigenvalue weighted by molar-refractivity contribution is 0.0947. The molecule has 0 aliphatic rings. The maximum absolute atomic E-state index is 12.5. The average molecular weight is 414 g/mol. The van der Waals surface area contributed by atoms with Crippen LogP contribution in [0.25, 0.3) is 0 Å². The Morgan fingerprint density at radius 3 is 2.46 bits per heavy atom. The van der Waals surface area contributed by atoms with E-state index in [0.29, 0.717) is 27.8 Å². The van der Waals surface area contributed by atoms with Crippen LogP contribution in [0.2, 0.25) is 0 Å². The van der Waals surface area contributed by atoms with Crippen molar-refractivity contribution in [2.24, 2.45) is 0 Å². The third kappa shape index (κ3) is 5.40. The van der Waals surface area contributed by atoms with Gasteiger partial charge in [-0.3, -0.25) is 9.78 Å². The van der Waals surface area contributed by atoms with Gasteiger partial charge in [-0.2, -0.15) is 0 Å². The largest absolute Gasteiger partial charge is 0.348 e. The van der Waals surface area contributed by atoms with Crippen LogP contribution in [0.1, 0.15) is 15.9 Å². The van der Waals surface area contributed by atoms with Crippen LogP contribution >= 0.6 is 11.8 Å². The van der Waals surface area contributed by atoms with Gasteiger partial charge >= 0.3 is 0 Å². The van der Waals surface area contributed by atoms with E-state index in [0.717, 1.165) is 5.56 Å². The minimum Gasteiger partial charge on any atom is -0.348 e. The fraction of sp³-hybridized carbons (Fsp3) is 0.150. The zero-order chi connectivity index (χ0) is 19.8. The molecule has 0 bridgehead atoms. The van der Waals surface area contributed by atoms with Gasteiger partial charge in [0, 0.05) is 30.9 Å². The topological polar surface area (TPSA) is 89.0 Å². The van der Waals surface area contributed by atoms with E-state index in [2.05, 4.69) is 15.3 Å². The molecule has 2 heterocycles. The summed E-state index contributed by atoms with van der Waals surface area (Å²) in [7, 11) is -3.36. The first kappa shape index (κ1) is 20.0. The molecule has 0 saturated heterocycles. The van der Waals surface area contributed by atoms with Crippen molar-refractivity contribution in [3.63, 3.8) is 0 Å². The van der Waals surface area contributed by atoms with Crippen molar-refractivity contribution in [3.8, 4) is 0 Å². The minimum absolute atomic E-state index is 0.0314. The number of benzene rings is 1. The van der Waals surface area contributed by atoms with E-state index in [-0.39, 0.29) is 11.7 Å². The minimum atomic E-state index is -3.36. The summed E-state index contributed by atoms with van der Waals surface area (Å²) in [5.74, 6) is 0.0215. The maximum atomic E-state index is 12.5. The molecule has 0 atom stereocenters. The predicted octanol–water partition coefficient (Wildman–Crippen LogP) is 2.97. The summed E-state index contributed by atoms with van der Waals surface area (Å²) in [6, 6.07) is 15.4. The highest BCUT2D eigenvalue weighted by atomic mass is 32.2. The monoisotopic (exact) mass is 413 g/mol. The highest BCUT2D eigenvalue weighted by Gasteiger charge is 2.16. The quantitative estimate of drug-likeness (QED) is 0.571. The Morgan fingerprint density at radius 1 is 0.964 bits per heavy atom. The van der Waals surface area contributed by atoms with Crippen molar-refractivity contribution in [1.82, 2.24) is 15.3 Å². The first-order valence-corrected chi connectivity index (χ1v) is 11.2. The second kappa shape index (κ2) is 9.48. The second-order valence-electron chi connectivity index (χ2n) is 5.87. The standard InChI is InChI=1S/C20H19N3O3S2/c24-19(23-15-16-8-11-21-12-9-16)18-7-4-10-22-20(18)27-13-14-28(25,26)17-5-2-1-3-6-17/h1-12H,13-15H2,(H,23,24). The van der Waals surface area contributed by atoms with Crippen LogP contribution in [0.3, 0.4) is 0 Å². The smallest absolute Gasteiger partial charge is 0.254 e. The number of amides is 1. The molecule has 6 nitrogen and oxygen atoms in total. The highest BCUT2D eigenvalue weighted by molar-refractivity contribution is 8.00. The van der Waals surface area contributed by atoms with Gasteiger partial charge < -0.3 is 5.32 Å². The summed E-state index contributed by atoms with van der Waals surface area (Å²) < 4.78 is 24.8. The Balaban J connectivity index is 1.61. The van der Waals surface area contributed by atoms with Crippen molar-refractivity contribution in [2.75, 3.05) is 11.5 Å². The maximum Gasteiger partial charge on any atom is 0.254 e. The summed E-state index contributed by atoms with van der Waals surface area (Å²) in [6.45, 7) is 0.378. The van der Waals surface area contributed by atoms with E-state index < -0.39 is 9.84 Å². The molecule has 3 rings (SSSR count). The molecule has 0 unspecified atom stereocenters. The summed E-state index contributed by atoms with van der Waals surface area (Å²) in [5.41, 5.74) is 1.37. The average Bonchev–Trinajstić information content (AvgIpc) is 2.74. The number of hydrogen-bond acceptors (Lipinski definition) is 6. The van der Waals surface area contributed by atoms with E-state index >= 15 is 0 Å². The van der Waals surface area contributed by atoms with Gasteiger partial charge in [0.15, 0.2) is 9.84 Å². The molecule has 1 aromatic carbocycles. The Morgan fingerprint density at radius 2 is 1.71 bits per heavy atom. The van der Waals surface area contributed by atoms with Gasteiger partial charge in [-0.1, -0.05) is 18.2 Å². The Hall–Kier alpha value is -2.71. The number of sulfone groups is 1. The normalized spacial score (nSPS) is 11.1. The van der Waals surface area contributed by atoms with Crippen molar-refractivity contribution >= 4 is 27.5 Å². The number of pyridine rings is 2. The molecule has 3 aromatic rings. The van der Waals surface area contributed by atoms with Crippen molar-refractivity contribution in [2.45, 2.75) is 16.5 Å². The second-order valence-corrected chi connectivity index (χ2v) is 9.07. The van der Waals surface area contributed by atoms with E-state index in [1.165, 1.54) is 11.8 Å². The third-order valence-corrected chi connectivity index (χ3v) is 6.91. The fourth-order valence-corrected chi connectivity index (χ4v) is 5.11. The highest BCUT2D eigenvalue weighted by Crippen LogP contribution is 2.21. The Kier molecular flexibility index (Phi) is 6.78. The van der Waals surface area contributed by atoms with Crippen LogP contribution in [-0.4, -0.2) is 35.8 Å². The molecule has 0 aliphatic heterocycles. The molecule has 0 aliphatic carbocycles. The number of carbonyl (C=O) groups excluding carboxylic acids is 1. The van der Waals surface area contributed by atoms with Gasteiger partial charge in [0.1, 0.15) is 5.03 Å². The van der Waals surface area contributed by atoms with Gasteiger partial charge in [-0.05, 0) is 42.0 Å². The SMILES string of the molecule is O=C(NCc1ccncc1)c1cccnc1SCCS(=O)(=O)c1ccccc1. The van der Waals surface area contributed by atoms with Crippen molar-refractivity contribution in [3.05, 3.63) is 84.3 Å². The molecular weight excluding hydrogens is 394 g/mol. The molecule has 0 radical (unpaired) electrons. The third-order valence-electron chi connectivity index (χ3n) is 3.91. The Labute approximate surface area is 168 Å². The van der Waals surface area contributed by atoms with E-state index in [1.807, 2.05) is 12.1 Å². The molecule has 144 valence electrons. The number of thioether (sulfide) groups is 1. The number of nitrogens with zero attached hydrogens (tertiary/aromatic N) is 2. The van der Waals surface area contributed by atoms with E-state index in [1.54, 1.807) is 61.1 Å². The zero-order valence-corrected chi connectivity index (χ0v) is 16.6. The van der Waals surface area contributed by atoms with Crippen molar-refractivity contribution in [1.29, 1.82) is 0 Å². The number of rotatable bonds is 8. The molecule has 0 spiro atoms. The zero-order valence-electron chi connectivity index (χ0n) is 15.0. The molecule has 1 amide bonds. The van der Waals surface area contributed by atoms with E-state index in [9.17, 15) is 13.2 Å². The summed E-state index contributed by atoms with van der Waals surface area (Å²) in [5, 5.41) is 3.36. The first-order valence-electron chi connectivity index (χ1n) is 8.59. The fourth-order valence-electron chi connectivity index (χ4n) is 2.45. The number of nitrogens with one attached hydrogen (secondary N) is 1. The Bertz CT molecular complexity index is 1030. The van der Waals surface area contributed by atoms with Crippen LogP contribution in [0.4, 0.5) is 0 Å². The summed E-state index contributed by atoms with van der Waals surface area (Å²) in [4.78, 5) is 21.0. The molecule has 2 aromatic heterocycles. The van der Waals surface area contributed by atoms with Gasteiger partial charge in [-0.15, -0.1) is 11.8 Å². The number of hydrogen-bond donors (Lipinski definition) is 1. The summed E-state index contributed by atoms with van der Waals surface area (Å²) >= 11 is 1.26.